The summed E-state index contributed by atoms with van der Waals surface area (Å²) in [6, 6.07) is 3.71. The lowest BCUT2D eigenvalue weighted by Gasteiger charge is -2.20. The minimum Gasteiger partial charge on any atom is -0.468 e. The van der Waals surface area contributed by atoms with Gasteiger partial charge in [0.25, 0.3) is 0 Å². The monoisotopic (exact) mass is 330 g/mol. The molecule has 0 saturated carbocycles. The fourth-order valence-electron chi connectivity index (χ4n) is 1.98. The smallest absolute Gasteiger partial charge is 0.416 e. The number of alkyl halides is 3. The number of rotatable bonds is 5. The van der Waals surface area contributed by atoms with E-state index in [1.807, 2.05) is 0 Å². The molecule has 0 fully saturated rings. The summed E-state index contributed by atoms with van der Waals surface area (Å²) < 4.78 is 43.9. The first-order valence-corrected chi connectivity index (χ1v) is 7.22. The first-order chi connectivity index (χ1) is 10.4. The number of carbonyl (C=O) groups is 1. The lowest BCUT2D eigenvalue weighted by Crippen LogP contribution is -2.31. The fourth-order valence-corrected chi connectivity index (χ4v) is 2.53. The Hall–Kier alpha value is -1.93. The van der Waals surface area contributed by atoms with Gasteiger partial charge in [-0.1, -0.05) is 18.2 Å². The van der Waals surface area contributed by atoms with Crippen LogP contribution >= 0.6 is 11.3 Å². The van der Waals surface area contributed by atoms with Crippen LogP contribution in [-0.2, 0) is 22.3 Å². The van der Waals surface area contributed by atoms with Gasteiger partial charge in [0.2, 0.25) is 0 Å². The van der Waals surface area contributed by atoms with E-state index in [4.69, 9.17) is 0 Å². The predicted octanol–water partition coefficient (Wildman–Crippen LogP) is 3.17. The number of nitrogens with zero attached hydrogens (tertiary/aromatic N) is 1. The average Bonchev–Trinajstić information content (AvgIpc) is 3.00. The molecular formula is C14H13F3N2O2S. The van der Waals surface area contributed by atoms with E-state index in [1.165, 1.54) is 29.5 Å². The number of hydrogen-bond acceptors (Lipinski definition) is 5. The van der Waals surface area contributed by atoms with Crippen molar-refractivity contribution >= 4 is 17.3 Å². The van der Waals surface area contributed by atoms with Gasteiger partial charge >= 0.3 is 12.1 Å². The summed E-state index contributed by atoms with van der Waals surface area (Å²) in [5, 5.41) is 4.52. The molecule has 1 aromatic heterocycles. The van der Waals surface area contributed by atoms with Crippen molar-refractivity contribution in [3.05, 3.63) is 52.0 Å². The Labute approximate surface area is 128 Å². The number of methoxy groups -OCH3 is 1. The van der Waals surface area contributed by atoms with Crippen LogP contribution < -0.4 is 5.32 Å². The summed E-state index contributed by atoms with van der Waals surface area (Å²) in [5.41, 5.74) is 1.21. The van der Waals surface area contributed by atoms with Crippen LogP contribution in [0.15, 0.2) is 35.2 Å². The highest BCUT2D eigenvalue weighted by atomic mass is 32.1. The molecule has 2 rings (SSSR count). The number of aromatic nitrogens is 1. The van der Waals surface area contributed by atoms with Crippen molar-refractivity contribution in [3.63, 3.8) is 0 Å². The third-order valence-corrected chi connectivity index (χ3v) is 3.62. The Morgan fingerprint density at radius 3 is 2.73 bits per heavy atom. The molecule has 0 spiro atoms. The summed E-state index contributed by atoms with van der Waals surface area (Å²) in [5.74, 6) is -0.785. The molecule has 0 bridgehead atoms. The number of ether oxygens (including phenoxy) is 1. The minimum absolute atomic E-state index is 0.162. The molecule has 0 radical (unpaired) electrons. The Kier molecular flexibility index (Phi) is 5.15. The van der Waals surface area contributed by atoms with E-state index in [2.05, 4.69) is 15.0 Å². The van der Waals surface area contributed by atoms with Crippen LogP contribution in [0.5, 0.6) is 0 Å². The van der Waals surface area contributed by atoms with Gasteiger partial charge in [-0.25, -0.2) is 9.78 Å². The second-order valence-corrected chi connectivity index (χ2v) is 5.12. The molecule has 118 valence electrons. The average molecular weight is 330 g/mol. The maximum absolute atomic E-state index is 13.1. The Morgan fingerprint density at radius 2 is 2.14 bits per heavy atom. The van der Waals surface area contributed by atoms with E-state index in [0.29, 0.717) is 5.69 Å². The van der Waals surface area contributed by atoms with Crippen LogP contribution in [0.2, 0.25) is 0 Å². The molecule has 1 heterocycles. The van der Waals surface area contributed by atoms with Crippen molar-refractivity contribution in [1.29, 1.82) is 0 Å². The topological polar surface area (TPSA) is 51.2 Å². The molecule has 22 heavy (non-hydrogen) atoms. The number of thiazole rings is 1. The zero-order valence-corrected chi connectivity index (χ0v) is 12.4. The summed E-state index contributed by atoms with van der Waals surface area (Å²) in [4.78, 5) is 15.9. The van der Waals surface area contributed by atoms with E-state index in [1.54, 1.807) is 10.9 Å². The number of nitrogens with one attached hydrogen (secondary N) is 1. The van der Waals surface area contributed by atoms with Crippen molar-refractivity contribution in [1.82, 2.24) is 10.3 Å². The van der Waals surface area contributed by atoms with Gasteiger partial charge in [-0.2, -0.15) is 13.2 Å². The first-order valence-electron chi connectivity index (χ1n) is 6.28. The van der Waals surface area contributed by atoms with Gasteiger partial charge in [-0.15, -0.1) is 11.3 Å². The largest absolute Gasteiger partial charge is 0.468 e. The number of esters is 1. The van der Waals surface area contributed by atoms with E-state index >= 15 is 0 Å². The number of benzene rings is 1. The zero-order valence-electron chi connectivity index (χ0n) is 11.6. The first kappa shape index (κ1) is 16.4. The van der Waals surface area contributed by atoms with Gasteiger partial charge in [0, 0.05) is 11.9 Å². The Bertz CT molecular complexity index is 629. The number of carbonyl (C=O) groups excluding carboxylic acids is 1. The summed E-state index contributed by atoms with van der Waals surface area (Å²) >= 11 is 1.36. The third-order valence-electron chi connectivity index (χ3n) is 2.98. The van der Waals surface area contributed by atoms with Gasteiger partial charge in [-0.3, -0.25) is 5.32 Å². The molecule has 0 unspecified atom stereocenters. The van der Waals surface area contributed by atoms with Crippen molar-refractivity contribution in [2.45, 2.75) is 18.8 Å². The second kappa shape index (κ2) is 6.89. The highest BCUT2D eigenvalue weighted by Crippen LogP contribution is 2.34. The van der Waals surface area contributed by atoms with Crippen LogP contribution in [0.4, 0.5) is 13.2 Å². The van der Waals surface area contributed by atoms with E-state index in [-0.39, 0.29) is 12.1 Å². The normalized spacial score (nSPS) is 12.9. The number of hydrogen-bond donors (Lipinski definition) is 1. The Balaban J connectivity index is 2.31. The lowest BCUT2D eigenvalue weighted by molar-refractivity contribution is -0.145. The van der Waals surface area contributed by atoms with Gasteiger partial charge in [0.15, 0.2) is 0 Å². The molecule has 8 heteroatoms. The van der Waals surface area contributed by atoms with Crippen LogP contribution in [0, 0.1) is 0 Å². The molecule has 1 atom stereocenters. The number of halogens is 3. The third kappa shape index (κ3) is 3.83. The maximum atomic E-state index is 13.1. The molecule has 0 saturated heterocycles. The summed E-state index contributed by atoms with van der Waals surface area (Å²) in [7, 11) is 1.13. The lowest BCUT2D eigenvalue weighted by atomic mass is 9.99. The molecule has 0 amide bonds. The van der Waals surface area contributed by atoms with Crippen LogP contribution in [0.1, 0.15) is 22.9 Å². The maximum Gasteiger partial charge on any atom is 0.416 e. The molecule has 1 aromatic carbocycles. The molecule has 0 aliphatic carbocycles. The van der Waals surface area contributed by atoms with E-state index < -0.39 is 23.8 Å². The highest BCUT2D eigenvalue weighted by molar-refractivity contribution is 7.07. The van der Waals surface area contributed by atoms with Crippen molar-refractivity contribution < 1.29 is 22.7 Å². The SMILES string of the molecule is COC(=O)[C@H](NCc1cscn1)c1ccccc1C(F)(F)F. The molecule has 2 aromatic rings. The highest BCUT2D eigenvalue weighted by Gasteiger charge is 2.37. The quantitative estimate of drug-likeness (QED) is 0.856. The van der Waals surface area contributed by atoms with Crippen LogP contribution in [0.3, 0.4) is 0 Å². The standard InChI is InChI=1S/C14H13F3N2O2S/c1-21-13(20)12(18-6-9-7-22-8-19-9)10-4-2-3-5-11(10)14(15,16)17/h2-5,7-8,12,18H,6H2,1H3/t12-/m1/s1. The van der Waals surface area contributed by atoms with Crippen LogP contribution in [0.25, 0.3) is 0 Å². The Morgan fingerprint density at radius 1 is 1.41 bits per heavy atom. The fraction of sp³-hybridized carbons (Fsp3) is 0.286. The van der Waals surface area contributed by atoms with Crippen molar-refractivity contribution in [2.24, 2.45) is 0 Å². The summed E-state index contributed by atoms with van der Waals surface area (Å²) in [6.45, 7) is 0.162. The molecule has 1 N–H and O–H groups in total. The predicted molar refractivity (Wildman–Crippen MR) is 75.2 cm³/mol. The second-order valence-electron chi connectivity index (χ2n) is 4.40. The molecular weight excluding hydrogens is 317 g/mol. The van der Waals surface area contributed by atoms with Gasteiger partial charge < -0.3 is 4.74 Å². The van der Waals surface area contributed by atoms with Gasteiger partial charge in [0.05, 0.1) is 23.9 Å². The van der Waals surface area contributed by atoms with Crippen LogP contribution in [-0.4, -0.2) is 18.1 Å². The van der Waals surface area contributed by atoms with E-state index in [9.17, 15) is 18.0 Å². The minimum atomic E-state index is -4.55. The zero-order chi connectivity index (χ0) is 16.2. The molecule has 0 aliphatic rings. The molecule has 0 aliphatic heterocycles. The van der Waals surface area contributed by atoms with Gasteiger partial charge in [-0.05, 0) is 11.6 Å². The van der Waals surface area contributed by atoms with Gasteiger partial charge in [0.1, 0.15) is 6.04 Å². The van der Waals surface area contributed by atoms with Crippen molar-refractivity contribution in [2.75, 3.05) is 7.11 Å². The molecule has 4 nitrogen and oxygen atoms in total. The van der Waals surface area contributed by atoms with E-state index in [0.717, 1.165) is 13.2 Å². The summed E-state index contributed by atoms with van der Waals surface area (Å²) in [6.07, 6.45) is -4.55. The van der Waals surface area contributed by atoms with Crippen molar-refractivity contribution in [3.8, 4) is 0 Å².